The van der Waals surface area contributed by atoms with Crippen molar-refractivity contribution < 1.29 is 23.8 Å². The molecule has 3 rings (SSSR count). The molecule has 2 aromatic rings. The van der Waals surface area contributed by atoms with Crippen LogP contribution >= 0.6 is 15.9 Å². The summed E-state index contributed by atoms with van der Waals surface area (Å²) in [6, 6.07) is 14.0. The Balaban J connectivity index is 1.58. The zero-order valence-electron chi connectivity index (χ0n) is 12.0. The van der Waals surface area contributed by atoms with Crippen LogP contribution in [0.4, 0.5) is 0 Å². The van der Waals surface area contributed by atoms with Crippen molar-refractivity contribution in [1.29, 1.82) is 0 Å². The van der Waals surface area contributed by atoms with Crippen molar-refractivity contribution in [2.75, 3.05) is 13.2 Å². The highest BCUT2D eigenvalue weighted by Gasteiger charge is 2.29. The number of hydrogen-bond donors (Lipinski definition) is 0. The Hall–Kier alpha value is -2.34. The Morgan fingerprint density at radius 2 is 1.78 bits per heavy atom. The van der Waals surface area contributed by atoms with Crippen LogP contribution in [-0.2, 0) is 9.53 Å². The van der Waals surface area contributed by atoms with E-state index in [9.17, 15) is 9.59 Å². The van der Waals surface area contributed by atoms with E-state index in [4.69, 9.17) is 14.2 Å². The first-order chi connectivity index (χ1) is 11.1. The molecule has 0 N–H and O–H groups in total. The lowest BCUT2D eigenvalue weighted by atomic mass is 10.1. The molecule has 1 aliphatic rings. The van der Waals surface area contributed by atoms with Gasteiger partial charge in [-0.3, -0.25) is 4.79 Å². The lowest BCUT2D eigenvalue weighted by Crippen LogP contribution is -2.38. The summed E-state index contributed by atoms with van der Waals surface area (Å²) in [6.07, 6.45) is -0.878. The van der Waals surface area contributed by atoms with Crippen LogP contribution < -0.4 is 9.47 Å². The number of para-hydroxylation sites is 2. The number of Topliss-reactive ketones (excluding diaryl/α,β-unsaturated/α-hetero) is 1. The first kappa shape index (κ1) is 15.6. The third-order valence-corrected chi connectivity index (χ3v) is 3.98. The summed E-state index contributed by atoms with van der Waals surface area (Å²) in [7, 11) is 0. The Labute approximate surface area is 141 Å². The molecule has 0 radical (unpaired) electrons. The molecule has 23 heavy (non-hydrogen) atoms. The van der Waals surface area contributed by atoms with Crippen molar-refractivity contribution in [2.24, 2.45) is 0 Å². The first-order valence-corrected chi connectivity index (χ1v) is 7.77. The van der Waals surface area contributed by atoms with Crippen LogP contribution in [0.5, 0.6) is 11.5 Å². The molecule has 0 saturated heterocycles. The Morgan fingerprint density at radius 3 is 2.57 bits per heavy atom. The largest absolute Gasteiger partial charge is 0.485 e. The summed E-state index contributed by atoms with van der Waals surface area (Å²) in [5, 5.41) is 0. The number of ketones is 1. The topological polar surface area (TPSA) is 61.8 Å². The van der Waals surface area contributed by atoms with Gasteiger partial charge in [0, 0.05) is 10.0 Å². The van der Waals surface area contributed by atoms with Gasteiger partial charge in [0.2, 0.25) is 11.9 Å². The maximum absolute atomic E-state index is 12.1. The van der Waals surface area contributed by atoms with Crippen molar-refractivity contribution in [3.05, 3.63) is 58.6 Å². The van der Waals surface area contributed by atoms with Crippen LogP contribution in [0.15, 0.2) is 53.0 Å². The smallest absolute Gasteiger partial charge is 0.351 e. The fraction of sp³-hybridized carbons (Fsp3) is 0.176. The third kappa shape index (κ3) is 3.53. The Kier molecular flexibility index (Phi) is 4.62. The number of esters is 1. The lowest BCUT2D eigenvalue weighted by Gasteiger charge is -2.24. The number of rotatable bonds is 4. The molecule has 1 unspecified atom stereocenters. The van der Waals surface area contributed by atoms with Gasteiger partial charge in [-0.25, -0.2) is 4.79 Å². The average Bonchev–Trinajstić information content (AvgIpc) is 2.59. The van der Waals surface area contributed by atoms with E-state index in [0.717, 1.165) is 0 Å². The highest BCUT2D eigenvalue weighted by atomic mass is 79.9. The van der Waals surface area contributed by atoms with E-state index in [1.807, 2.05) is 6.07 Å². The molecule has 0 bridgehead atoms. The lowest BCUT2D eigenvalue weighted by molar-refractivity contribution is -0.153. The van der Waals surface area contributed by atoms with Gasteiger partial charge in [-0.1, -0.05) is 46.3 Å². The fourth-order valence-electron chi connectivity index (χ4n) is 2.13. The molecule has 1 atom stereocenters. The molecule has 0 saturated carbocycles. The van der Waals surface area contributed by atoms with E-state index in [1.165, 1.54) is 0 Å². The number of halogens is 1. The zero-order chi connectivity index (χ0) is 16.2. The Bertz CT molecular complexity index is 743. The second-order valence-corrected chi connectivity index (χ2v) is 5.73. The van der Waals surface area contributed by atoms with E-state index in [-0.39, 0.29) is 19.0 Å². The Morgan fingerprint density at radius 1 is 1.09 bits per heavy atom. The summed E-state index contributed by atoms with van der Waals surface area (Å²) in [5.74, 6) is 0.154. The van der Waals surface area contributed by atoms with Crippen LogP contribution in [0, 0.1) is 0 Å². The summed E-state index contributed by atoms with van der Waals surface area (Å²) in [6.45, 7) is -0.290. The van der Waals surface area contributed by atoms with Gasteiger partial charge in [0.25, 0.3) is 0 Å². The number of fused-ring (bicyclic) bond motifs is 1. The minimum Gasteiger partial charge on any atom is -0.485 e. The van der Waals surface area contributed by atoms with Crippen LogP contribution in [0.2, 0.25) is 0 Å². The van der Waals surface area contributed by atoms with Gasteiger partial charge in [0.1, 0.15) is 6.61 Å². The molecule has 0 amide bonds. The summed E-state index contributed by atoms with van der Waals surface area (Å²) < 4.78 is 16.7. The van der Waals surface area contributed by atoms with E-state index < -0.39 is 12.1 Å². The molecule has 0 aromatic heterocycles. The SMILES string of the molecule is O=C(COC(=O)C1COc2ccccc2O1)c1ccccc1Br. The fourth-order valence-corrected chi connectivity index (χ4v) is 2.64. The van der Waals surface area contributed by atoms with Gasteiger partial charge >= 0.3 is 5.97 Å². The molecular weight excluding hydrogens is 364 g/mol. The maximum Gasteiger partial charge on any atom is 0.351 e. The van der Waals surface area contributed by atoms with E-state index in [1.54, 1.807) is 42.5 Å². The average molecular weight is 377 g/mol. The van der Waals surface area contributed by atoms with Crippen molar-refractivity contribution in [2.45, 2.75) is 6.10 Å². The number of hydrogen-bond acceptors (Lipinski definition) is 5. The molecule has 0 fully saturated rings. The van der Waals surface area contributed by atoms with Gasteiger partial charge in [-0.2, -0.15) is 0 Å². The molecule has 5 nitrogen and oxygen atoms in total. The van der Waals surface area contributed by atoms with Crippen LogP contribution in [0.3, 0.4) is 0 Å². The number of carbonyl (C=O) groups is 2. The predicted molar refractivity (Wildman–Crippen MR) is 85.8 cm³/mol. The summed E-state index contributed by atoms with van der Waals surface area (Å²) >= 11 is 3.29. The van der Waals surface area contributed by atoms with Crippen LogP contribution in [-0.4, -0.2) is 31.1 Å². The predicted octanol–water partition coefficient (Wildman–Crippen LogP) is 3.02. The van der Waals surface area contributed by atoms with Crippen molar-refractivity contribution in [1.82, 2.24) is 0 Å². The normalized spacial score (nSPS) is 15.8. The van der Waals surface area contributed by atoms with Gasteiger partial charge < -0.3 is 14.2 Å². The number of ether oxygens (including phenoxy) is 3. The van der Waals surface area contributed by atoms with E-state index in [0.29, 0.717) is 21.5 Å². The van der Waals surface area contributed by atoms with Crippen LogP contribution in [0.1, 0.15) is 10.4 Å². The molecule has 1 aliphatic heterocycles. The minimum absolute atomic E-state index is 0.0546. The molecule has 0 aliphatic carbocycles. The molecular formula is C17H13BrO5. The zero-order valence-corrected chi connectivity index (χ0v) is 13.6. The second kappa shape index (κ2) is 6.83. The highest BCUT2D eigenvalue weighted by Crippen LogP contribution is 2.31. The molecule has 2 aromatic carbocycles. The molecule has 1 heterocycles. The first-order valence-electron chi connectivity index (χ1n) is 6.98. The van der Waals surface area contributed by atoms with E-state index in [2.05, 4.69) is 15.9 Å². The quantitative estimate of drug-likeness (QED) is 0.606. The number of carbonyl (C=O) groups excluding carboxylic acids is 2. The van der Waals surface area contributed by atoms with Gasteiger partial charge in [0.05, 0.1) is 0 Å². The maximum atomic E-state index is 12.1. The van der Waals surface area contributed by atoms with Gasteiger partial charge in [0.15, 0.2) is 18.1 Å². The van der Waals surface area contributed by atoms with Crippen LogP contribution in [0.25, 0.3) is 0 Å². The number of benzene rings is 2. The van der Waals surface area contributed by atoms with Gasteiger partial charge in [-0.15, -0.1) is 0 Å². The standard InChI is InChI=1S/C17H13BrO5/c18-12-6-2-1-5-11(12)13(19)9-22-17(20)16-10-21-14-7-3-4-8-15(14)23-16/h1-8,16H,9-10H2. The highest BCUT2D eigenvalue weighted by molar-refractivity contribution is 9.10. The molecule has 118 valence electrons. The molecule has 6 heteroatoms. The van der Waals surface area contributed by atoms with Crippen molar-refractivity contribution >= 4 is 27.7 Å². The molecule has 0 spiro atoms. The monoisotopic (exact) mass is 376 g/mol. The second-order valence-electron chi connectivity index (χ2n) is 4.87. The van der Waals surface area contributed by atoms with Gasteiger partial charge in [-0.05, 0) is 18.2 Å². The minimum atomic E-state index is -0.878. The third-order valence-electron chi connectivity index (χ3n) is 3.29. The summed E-state index contributed by atoms with van der Waals surface area (Å²) in [4.78, 5) is 24.1. The van der Waals surface area contributed by atoms with E-state index >= 15 is 0 Å². The van der Waals surface area contributed by atoms with Crippen molar-refractivity contribution in [3.63, 3.8) is 0 Å². The summed E-state index contributed by atoms with van der Waals surface area (Å²) in [5.41, 5.74) is 0.464. The van der Waals surface area contributed by atoms with Crippen molar-refractivity contribution in [3.8, 4) is 11.5 Å².